The molecule has 17 nitrogen and oxygen atoms in total. The molecule has 7 amide bonds. The predicted molar refractivity (Wildman–Crippen MR) is 211 cm³/mol. The standard InChI is InChI=1S/C34H58N8O9S3/c1-18(2)14-22(38-28(44)20(35)16-52)30(46)39-23(17-53)32(48)42-12-7-9-25(42)33(49)41-11-6-8-24(41)31(47)36-15-26(43)37-21(10-13-54-5)29(45)40-27(19(3)4)34(50)51/h18-25,27,52-53H,6-17,35H2,1-5H3,(H,36,47)(H,37,43)(H,38,44)(H,39,46)(H,40,45)(H,50,51)/t20-,21-,22-,23-,24-,25-,27-/m0/s1. The van der Waals surface area contributed by atoms with Crippen LogP contribution in [0.2, 0.25) is 0 Å². The summed E-state index contributed by atoms with van der Waals surface area (Å²) in [5.74, 6) is -5.02. The van der Waals surface area contributed by atoms with Gasteiger partial charge in [0.25, 0.3) is 0 Å². The summed E-state index contributed by atoms with van der Waals surface area (Å²) in [6, 6.07) is -6.94. The average molecular weight is 819 g/mol. The number of nitrogens with zero attached hydrogens (tertiary/aromatic N) is 2. The van der Waals surface area contributed by atoms with E-state index in [1.165, 1.54) is 21.6 Å². The molecule has 7 atom stereocenters. The Hall–Kier alpha value is -3.23. The maximum absolute atomic E-state index is 13.9. The van der Waals surface area contributed by atoms with E-state index in [9.17, 15) is 43.5 Å². The van der Waals surface area contributed by atoms with Crippen LogP contribution in [0.3, 0.4) is 0 Å². The van der Waals surface area contributed by atoms with Gasteiger partial charge in [0.05, 0.1) is 12.6 Å². The molecule has 0 spiro atoms. The summed E-state index contributed by atoms with van der Waals surface area (Å²) in [4.78, 5) is 107. The van der Waals surface area contributed by atoms with Crippen LogP contribution in [-0.2, 0) is 38.4 Å². The molecule has 0 bridgehead atoms. The number of carboxylic acids is 1. The largest absolute Gasteiger partial charge is 0.480 e. The van der Waals surface area contributed by atoms with Gasteiger partial charge in [-0.15, -0.1) is 0 Å². The molecular formula is C34H58N8O9S3. The molecule has 0 radical (unpaired) electrons. The molecule has 2 saturated heterocycles. The van der Waals surface area contributed by atoms with Crippen LogP contribution >= 0.6 is 37.0 Å². The predicted octanol–water partition coefficient (Wildman–Crippen LogP) is -1.25. The highest BCUT2D eigenvalue weighted by atomic mass is 32.2. The number of amides is 7. The number of carboxylic acid groups (broad SMARTS) is 1. The van der Waals surface area contributed by atoms with Gasteiger partial charge in [-0.05, 0) is 62.4 Å². The number of aliphatic carboxylic acids is 1. The van der Waals surface area contributed by atoms with Gasteiger partial charge in [-0.2, -0.15) is 37.0 Å². The third kappa shape index (κ3) is 13.8. The van der Waals surface area contributed by atoms with Gasteiger partial charge in [0.1, 0.15) is 36.3 Å². The van der Waals surface area contributed by atoms with E-state index in [-0.39, 0.29) is 43.4 Å². The van der Waals surface area contributed by atoms with Crippen LogP contribution in [0.1, 0.15) is 66.2 Å². The van der Waals surface area contributed by atoms with E-state index in [1.807, 2.05) is 20.1 Å². The van der Waals surface area contributed by atoms with Gasteiger partial charge in [-0.3, -0.25) is 33.6 Å². The summed E-state index contributed by atoms with van der Waals surface area (Å²) in [5, 5.41) is 22.4. The lowest BCUT2D eigenvalue weighted by molar-refractivity contribution is -0.147. The maximum atomic E-state index is 13.9. The van der Waals surface area contributed by atoms with Gasteiger partial charge in [0, 0.05) is 24.6 Å². The van der Waals surface area contributed by atoms with E-state index in [1.54, 1.807) is 13.8 Å². The van der Waals surface area contributed by atoms with Crippen LogP contribution in [0.15, 0.2) is 0 Å². The average Bonchev–Trinajstić information content (AvgIpc) is 3.82. The molecule has 8 N–H and O–H groups in total. The van der Waals surface area contributed by atoms with Crippen molar-refractivity contribution < 1.29 is 43.5 Å². The minimum Gasteiger partial charge on any atom is -0.480 e. The molecule has 2 rings (SSSR count). The smallest absolute Gasteiger partial charge is 0.326 e. The minimum atomic E-state index is -1.20. The highest BCUT2D eigenvalue weighted by Crippen LogP contribution is 2.26. The first-order valence-corrected chi connectivity index (χ1v) is 20.9. The quantitative estimate of drug-likeness (QED) is 0.0620. The number of thiol groups is 2. The van der Waals surface area contributed by atoms with Crippen LogP contribution in [0.4, 0.5) is 0 Å². The Labute approximate surface area is 332 Å². The molecule has 2 fully saturated rings. The maximum Gasteiger partial charge on any atom is 0.326 e. The Bertz CT molecular complexity index is 1360. The van der Waals surface area contributed by atoms with Crippen molar-refractivity contribution in [1.29, 1.82) is 0 Å². The van der Waals surface area contributed by atoms with Gasteiger partial charge in [0.2, 0.25) is 41.4 Å². The van der Waals surface area contributed by atoms with Crippen LogP contribution in [0, 0.1) is 11.8 Å². The zero-order valence-electron chi connectivity index (χ0n) is 31.7. The van der Waals surface area contributed by atoms with E-state index < -0.39 is 102 Å². The fourth-order valence-electron chi connectivity index (χ4n) is 6.31. The zero-order chi connectivity index (χ0) is 40.7. The summed E-state index contributed by atoms with van der Waals surface area (Å²) in [6.07, 6.45) is 4.06. The third-order valence-corrected chi connectivity index (χ3v) is 10.6. The molecule has 54 heavy (non-hydrogen) atoms. The molecule has 0 aromatic carbocycles. The number of carbonyl (C=O) groups is 8. The van der Waals surface area contributed by atoms with E-state index in [0.717, 1.165) is 0 Å². The van der Waals surface area contributed by atoms with E-state index >= 15 is 0 Å². The first-order chi connectivity index (χ1) is 25.5. The number of carbonyl (C=O) groups excluding carboxylic acids is 7. The Morgan fingerprint density at radius 2 is 1.39 bits per heavy atom. The fraction of sp³-hybridized carbons (Fsp3) is 0.765. The second-order valence-electron chi connectivity index (χ2n) is 14.3. The topological polar surface area (TPSA) is 249 Å². The number of thioether (sulfide) groups is 1. The van der Waals surface area contributed by atoms with Crippen molar-refractivity contribution in [2.75, 3.05) is 43.1 Å². The van der Waals surface area contributed by atoms with Crippen molar-refractivity contribution in [3.05, 3.63) is 0 Å². The van der Waals surface area contributed by atoms with Crippen molar-refractivity contribution >= 4 is 84.3 Å². The lowest BCUT2D eigenvalue weighted by Gasteiger charge is -2.33. The number of hydrogen-bond acceptors (Lipinski definition) is 12. The molecule has 2 heterocycles. The Morgan fingerprint density at radius 3 is 1.94 bits per heavy atom. The third-order valence-electron chi connectivity index (χ3n) is 9.25. The van der Waals surface area contributed by atoms with Gasteiger partial charge in [-0.25, -0.2) is 4.79 Å². The number of likely N-dealkylation sites (tertiary alicyclic amines) is 2. The molecular weight excluding hydrogens is 761 g/mol. The van der Waals surface area contributed by atoms with Crippen molar-refractivity contribution in [1.82, 2.24) is 36.4 Å². The molecule has 0 aromatic rings. The van der Waals surface area contributed by atoms with E-state index in [4.69, 9.17) is 5.73 Å². The zero-order valence-corrected chi connectivity index (χ0v) is 34.3. The molecule has 0 aromatic heterocycles. The summed E-state index contributed by atoms with van der Waals surface area (Å²) in [6.45, 7) is 7.09. The van der Waals surface area contributed by atoms with Crippen molar-refractivity contribution in [3.63, 3.8) is 0 Å². The Balaban J connectivity index is 2.08. The molecule has 0 unspecified atom stereocenters. The van der Waals surface area contributed by atoms with Crippen LogP contribution in [0.25, 0.3) is 0 Å². The van der Waals surface area contributed by atoms with Crippen molar-refractivity contribution in [2.24, 2.45) is 17.6 Å². The number of rotatable bonds is 21. The van der Waals surface area contributed by atoms with Crippen molar-refractivity contribution in [3.8, 4) is 0 Å². The number of nitrogens with one attached hydrogen (secondary N) is 5. The first-order valence-electron chi connectivity index (χ1n) is 18.2. The number of hydrogen-bond donors (Lipinski definition) is 9. The van der Waals surface area contributed by atoms with Crippen LogP contribution in [-0.4, -0.2) is 148 Å². The van der Waals surface area contributed by atoms with Crippen LogP contribution in [0.5, 0.6) is 0 Å². The monoisotopic (exact) mass is 818 g/mol. The van der Waals surface area contributed by atoms with E-state index in [0.29, 0.717) is 31.4 Å². The summed E-state index contributed by atoms with van der Waals surface area (Å²) in [5.41, 5.74) is 5.78. The summed E-state index contributed by atoms with van der Waals surface area (Å²) < 4.78 is 0. The van der Waals surface area contributed by atoms with Gasteiger partial charge in [-0.1, -0.05) is 27.7 Å². The fourth-order valence-corrected chi connectivity index (χ4v) is 7.19. The Kier molecular flexibility index (Phi) is 20.0. The first kappa shape index (κ1) is 46.9. The second kappa shape index (κ2) is 23.0. The molecule has 306 valence electrons. The normalized spacial score (nSPS) is 19.7. The van der Waals surface area contributed by atoms with Crippen LogP contribution < -0.4 is 32.3 Å². The summed E-state index contributed by atoms with van der Waals surface area (Å²) in [7, 11) is 0. The van der Waals surface area contributed by atoms with Gasteiger partial charge in [0.15, 0.2) is 0 Å². The molecule has 20 heteroatoms. The molecule has 0 aliphatic carbocycles. The SMILES string of the molecule is CSCC[C@H](NC(=O)CNC(=O)[C@@H]1CCCN1C(=O)[C@@H]1CCCN1C(=O)[C@H](CS)NC(=O)[C@H](CC(C)C)NC(=O)[C@@H](N)CS)C(=O)N[C@H](C(=O)O)C(C)C. The molecule has 0 saturated carbocycles. The van der Waals surface area contributed by atoms with Crippen molar-refractivity contribution in [2.45, 2.75) is 109 Å². The van der Waals surface area contributed by atoms with Gasteiger partial charge < -0.3 is 47.2 Å². The lowest BCUT2D eigenvalue weighted by Crippen LogP contribution is -2.59. The highest BCUT2D eigenvalue weighted by molar-refractivity contribution is 7.98. The number of nitrogens with two attached hydrogens (primary N) is 1. The molecule has 2 aliphatic heterocycles. The minimum absolute atomic E-state index is 0.0236. The van der Waals surface area contributed by atoms with E-state index in [2.05, 4.69) is 51.8 Å². The van der Waals surface area contributed by atoms with Gasteiger partial charge >= 0.3 is 5.97 Å². The Morgan fingerprint density at radius 1 is 0.796 bits per heavy atom. The second-order valence-corrected chi connectivity index (χ2v) is 16.0. The molecule has 2 aliphatic rings. The highest BCUT2D eigenvalue weighted by Gasteiger charge is 2.44. The lowest BCUT2D eigenvalue weighted by atomic mass is 10.0. The summed E-state index contributed by atoms with van der Waals surface area (Å²) >= 11 is 9.78.